The Morgan fingerprint density at radius 1 is 1.14 bits per heavy atom. The van der Waals surface area contributed by atoms with E-state index in [4.69, 9.17) is 28.9 Å². The lowest BCUT2D eigenvalue weighted by Gasteiger charge is -2.11. The van der Waals surface area contributed by atoms with Crippen molar-refractivity contribution < 1.29 is 18.0 Å². The SMILES string of the molecule is Nc1c(C(=O)Nc2ccc(Cl)c(C(F)(F)F)c2)nnn1Cc1ccc(Cl)cc1. The Labute approximate surface area is 167 Å². The maximum Gasteiger partial charge on any atom is 0.417 e. The largest absolute Gasteiger partial charge is 0.417 e. The summed E-state index contributed by atoms with van der Waals surface area (Å²) in [6, 6.07) is 9.91. The molecule has 0 bridgehead atoms. The van der Waals surface area contributed by atoms with E-state index >= 15 is 0 Å². The maximum atomic E-state index is 12.9. The molecule has 11 heteroatoms. The molecule has 3 N–H and O–H groups in total. The first-order valence-corrected chi connectivity index (χ1v) is 8.52. The van der Waals surface area contributed by atoms with Crippen LogP contribution in [0.2, 0.25) is 10.0 Å². The Balaban J connectivity index is 1.79. The second-order valence-corrected chi connectivity index (χ2v) is 6.60. The van der Waals surface area contributed by atoms with Crippen LogP contribution in [0.5, 0.6) is 0 Å². The molecule has 0 aliphatic heterocycles. The lowest BCUT2D eigenvalue weighted by Crippen LogP contribution is -2.16. The van der Waals surface area contributed by atoms with E-state index in [1.165, 1.54) is 10.7 Å². The number of nitrogen functional groups attached to an aromatic ring is 1. The van der Waals surface area contributed by atoms with Gasteiger partial charge in [0, 0.05) is 10.7 Å². The number of nitrogens with two attached hydrogens (primary N) is 1. The Morgan fingerprint density at radius 2 is 1.82 bits per heavy atom. The van der Waals surface area contributed by atoms with Gasteiger partial charge in [0.15, 0.2) is 11.5 Å². The molecule has 2 aromatic carbocycles. The fraction of sp³-hybridized carbons (Fsp3) is 0.118. The zero-order valence-corrected chi connectivity index (χ0v) is 15.5. The zero-order chi connectivity index (χ0) is 20.5. The van der Waals surface area contributed by atoms with E-state index in [2.05, 4.69) is 15.6 Å². The number of aromatic nitrogens is 3. The average Bonchev–Trinajstić information content (AvgIpc) is 2.98. The van der Waals surface area contributed by atoms with E-state index in [1.54, 1.807) is 24.3 Å². The smallest absolute Gasteiger partial charge is 0.382 e. The highest BCUT2D eigenvalue weighted by Gasteiger charge is 2.33. The summed E-state index contributed by atoms with van der Waals surface area (Å²) in [5.74, 6) is -0.826. The lowest BCUT2D eigenvalue weighted by atomic mass is 10.2. The topological polar surface area (TPSA) is 85.8 Å². The van der Waals surface area contributed by atoms with Gasteiger partial charge in [-0.2, -0.15) is 13.2 Å². The number of halogens is 5. The van der Waals surface area contributed by atoms with Crippen LogP contribution in [-0.2, 0) is 12.7 Å². The third-order valence-corrected chi connectivity index (χ3v) is 4.35. The number of carbonyl (C=O) groups is 1. The summed E-state index contributed by atoms with van der Waals surface area (Å²) in [5.41, 5.74) is 5.35. The number of hydrogen-bond donors (Lipinski definition) is 2. The van der Waals surface area contributed by atoms with Crippen molar-refractivity contribution in [3.8, 4) is 0 Å². The second kappa shape index (κ2) is 7.69. The molecule has 0 radical (unpaired) electrons. The van der Waals surface area contributed by atoms with Crippen molar-refractivity contribution in [3.63, 3.8) is 0 Å². The van der Waals surface area contributed by atoms with Gasteiger partial charge in [-0.1, -0.05) is 40.5 Å². The molecular formula is C17H12Cl2F3N5O. The van der Waals surface area contributed by atoms with Crippen LogP contribution >= 0.6 is 23.2 Å². The average molecular weight is 430 g/mol. The number of benzene rings is 2. The molecule has 3 aromatic rings. The fourth-order valence-corrected chi connectivity index (χ4v) is 2.72. The van der Waals surface area contributed by atoms with Crippen molar-refractivity contribution in [3.05, 3.63) is 69.3 Å². The molecule has 28 heavy (non-hydrogen) atoms. The van der Waals surface area contributed by atoms with E-state index in [-0.39, 0.29) is 23.7 Å². The third-order valence-electron chi connectivity index (χ3n) is 3.76. The van der Waals surface area contributed by atoms with Gasteiger partial charge in [0.05, 0.1) is 17.1 Å². The van der Waals surface area contributed by atoms with Crippen molar-refractivity contribution in [1.82, 2.24) is 15.0 Å². The molecular weight excluding hydrogens is 418 g/mol. The molecule has 0 saturated carbocycles. The summed E-state index contributed by atoms with van der Waals surface area (Å²) in [6.45, 7) is 0.239. The predicted molar refractivity (Wildman–Crippen MR) is 99.4 cm³/mol. The summed E-state index contributed by atoms with van der Waals surface area (Å²) < 4.78 is 40.1. The van der Waals surface area contributed by atoms with Gasteiger partial charge in [-0.05, 0) is 35.9 Å². The van der Waals surface area contributed by atoms with Gasteiger partial charge < -0.3 is 11.1 Å². The molecule has 0 aliphatic carbocycles. The molecule has 1 amide bonds. The van der Waals surface area contributed by atoms with E-state index in [0.717, 1.165) is 17.7 Å². The maximum absolute atomic E-state index is 12.9. The Hall–Kier alpha value is -2.78. The first-order chi connectivity index (χ1) is 13.1. The second-order valence-electron chi connectivity index (χ2n) is 5.75. The van der Waals surface area contributed by atoms with Gasteiger partial charge >= 0.3 is 6.18 Å². The number of hydrogen-bond acceptors (Lipinski definition) is 4. The van der Waals surface area contributed by atoms with Crippen LogP contribution in [0, 0.1) is 0 Å². The molecule has 0 spiro atoms. The molecule has 6 nitrogen and oxygen atoms in total. The summed E-state index contributed by atoms with van der Waals surface area (Å²) in [7, 11) is 0. The Kier molecular flexibility index (Phi) is 5.48. The fourth-order valence-electron chi connectivity index (χ4n) is 2.37. The summed E-state index contributed by atoms with van der Waals surface area (Å²) in [5, 5.41) is 9.94. The van der Waals surface area contributed by atoms with Crippen LogP contribution in [0.3, 0.4) is 0 Å². The number of nitrogens with one attached hydrogen (secondary N) is 1. The van der Waals surface area contributed by atoms with Crippen molar-refractivity contribution in [1.29, 1.82) is 0 Å². The summed E-state index contributed by atoms with van der Waals surface area (Å²) >= 11 is 11.4. The first-order valence-electron chi connectivity index (χ1n) is 7.76. The number of rotatable bonds is 4. The van der Waals surface area contributed by atoms with Crippen LogP contribution in [0.1, 0.15) is 21.6 Å². The molecule has 0 fully saturated rings. The van der Waals surface area contributed by atoms with Gasteiger partial charge in [0.2, 0.25) is 0 Å². The Morgan fingerprint density at radius 3 is 2.46 bits per heavy atom. The van der Waals surface area contributed by atoms with Gasteiger partial charge in [0.1, 0.15) is 0 Å². The van der Waals surface area contributed by atoms with Gasteiger partial charge in [-0.3, -0.25) is 4.79 Å². The van der Waals surface area contributed by atoms with E-state index in [1.807, 2.05) is 0 Å². The van der Waals surface area contributed by atoms with Crippen LogP contribution < -0.4 is 11.1 Å². The molecule has 0 atom stereocenters. The van der Waals surface area contributed by atoms with Crippen LogP contribution in [0.4, 0.5) is 24.7 Å². The summed E-state index contributed by atoms with van der Waals surface area (Å²) in [4.78, 5) is 12.4. The molecule has 0 unspecified atom stereocenters. The summed E-state index contributed by atoms with van der Waals surface area (Å²) in [6.07, 6.45) is -4.65. The standard InChI is InChI=1S/C17H12Cl2F3N5O/c18-10-3-1-9(2-4-10)8-27-15(23)14(25-26-27)16(28)24-11-5-6-13(19)12(7-11)17(20,21)22/h1-7H,8,23H2,(H,24,28). The lowest BCUT2D eigenvalue weighted by molar-refractivity contribution is -0.137. The monoisotopic (exact) mass is 429 g/mol. The molecule has 3 rings (SSSR count). The Bertz CT molecular complexity index is 1020. The quantitative estimate of drug-likeness (QED) is 0.639. The minimum absolute atomic E-state index is 0.0301. The molecule has 0 saturated heterocycles. The minimum atomic E-state index is -4.65. The van der Waals surface area contributed by atoms with E-state index in [9.17, 15) is 18.0 Å². The highest BCUT2D eigenvalue weighted by atomic mass is 35.5. The highest BCUT2D eigenvalue weighted by Crippen LogP contribution is 2.36. The number of alkyl halides is 3. The number of anilines is 2. The normalized spacial score (nSPS) is 11.5. The minimum Gasteiger partial charge on any atom is -0.382 e. The van der Waals surface area contributed by atoms with Gasteiger partial charge in [-0.15, -0.1) is 5.10 Å². The number of carbonyl (C=O) groups excluding carboxylic acids is 1. The van der Waals surface area contributed by atoms with Gasteiger partial charge in [0.25, 0.3) is 5.91 Å². The van der Waals surface area contributed by atoms with Crippen LogP contribution in [0.25, 0.3) is 0 Å². The van der Waals surface area contributed by atoms with E-state index in [0.29, 0.717) is 5.02 Å². The first kappa shape index (κ1) is 20.0. The van der Waals surface area contributed by atoms with Crippen LogP contribution in [0.15, 0.2) is 42.5 Å². The molecule has 1 aromatic heterocycles. The number of nitrogens with zero attached hydrogens (tertiary/aromatic N) is 3. The zero-order valence-electron chi connectivity index (χ0n) is 14.0. The predicted octanol–water partition coefficient (Wildman–Crippen LogP) is 4.49. The number of amides is 1. The molecule has 0 aliphatic rings. The van der Waals surface area contributed by atoms with E-state index < -0.39 is 22.7 Å². The van der Waals surface area contributed by atoms with Crippen LogP contribution in [-0.4, -0.2) is 20.9 Å². The third kappa shape index (κ3) is 4.37. The molecule has 146 valence electrons. The van der Waals surface area contributed by atoms with Gasteiger partial charge in [-0.25, -0.2) is 4.68 Å². The van der Waals surface area contributed by atoms with Crippen molar-refractivity contribution in [2.24, 2.45) is 0 Å². The molecule has 1 heterocycles. The van der Waals surface area contributed by atoms with Crippen molar-refractivity contribution in [2.45, 2.75) is 12.7 Å². The highest BCUT2D eigenvalue weighted by molar-refractivity contribution is 6.31. The van der Waals surface area contributed by atoms with Crippen molar-refractivity contribution in [2.75, 3.05) is 11.1 Å². The van der Waals surface area contributed by atoms with Crippen molar-refractivity contribution >= 4 is 40.6 Å².